The summed E-state index contributed by atoms with van der Waals surface area (Å²) in [5, 5.41) is 10.6. The monoisotopic (exact) mass is 276 g/mol. The minimum absolute atomic E-state index is 0.00317. The van der Waals surface area contributed by atoms with Gasteiger partial charge in [-0.15, -0.1) is 0 Å². The van der Waals surface area contributed by atoms with Gasteiger partial charge in [-0.2, -0.15) is 0 Å². The number of hydrogen-bond acceptors (Lipinski definition) is 5. The Balaban J connectivity index is 2.20. The van der Waals surface area contributed by atoms with Crippen molar-refractivity contribution in [2.45, 2.75) is 9.79 Å². The van der Waals surface area contributed by atoms with Gasteiger partial charge in [-0.3, -0.25) is 10.1 Å². The van der Waals surface area contributed by atoms with E-state index in [0.717, 1.165) is 15.5 Å². The molecular formula is C13H12N2O3S. The van der Waals surface area contributed by atoms with Crippen LogP contribution in [-0.2, 0) is 0 Å². The minimum atomic E-state index is -0.460. The van der Waals surface area contributed by atoms with E-state index in [4.69, 9.17) is 10.5 Å². The van der Waals surface area contributed by atoms with Gasteiger partial charge in [0.25, 0.3) is 5.69 Å². The molecule has 2 rings (SSSR count). The predicted molar refractivity (Wildman–Crippen MR) is 74.6 cm³/mol. The summed E-state index contributed by atoms with van der Waals surface area (Å²) in [4.78, 5) is 11.9. The molecule has 0 aliphatic heterocycles. The van der Waals surface area contributed by atoms with Crippen molar-refractivity contribution in [3.05, 3.63) is 52.6 Å². The number of nitrogen functional groups attached to an aromatic ring is 1. The highest BCUT2D eigenvalue weighted by molar-refractivity contribution is 7.99. The molecule has 0 aliphatic carbocycles. The predicted octanol–water partition coefficient (Wildman–Crippen LogP) is 3.34. The highest BCUT2D eigenvalue weighted by atomic mass is 32.2. The lowest BCUT2D eigenvalue weighted by Crippen LogP contribution is -1.93. The van der Waals surface area contributed by atoms with Gasteiger partial charge in [-0.25, -0.2) is 0 Å². The van der Waals surface area contributed by atoms with E-state index in [0.29, 0.717) is 5.69 Å². The Kier molecular flexibility index (Phi) is 3.91. The lowest BCUT2D eigenvalue weighted by atomic mass is 10.3. The van der Waals surface area contributed by atoms with Crippen molar-refractivity contribution in [3.63, 3.8) is 0 Å². The molecule has 2 N–H and O–H groups in total. The zero-order valence-corrected chi connectivity index (χ0v) is 11.0. The summed E-state index contributed by atoms with van der Waals surface area (Å²) < 4.78 is 5.08. The van der Waals surface area contributed by atoms with Gasteiger partial charge in [-0.05, 0) is 30.3 Å². The minimum Gasteiger partial charge on any atom is -0.497 e. The van der Waals surface area contributed by atoms with Gasteiger partial charge in [0.1, 0.15) is 5.75 Å². The maximum atomic E-state index is 10.6. The van der Waals surface area contributed by atoms with Gasteiger partial charge < -0.3 is 10.5 Å². The number of hydrogen-bond donors (Lipinski definition) is 1. The number of nitro benzene ring substituents is 1. The number of nitrogens with two attached hydrogens (primary N) is 1. The van der Waals surface area contributed by atoms with Crippen molar-refractivity contribution in [3.8, 4) is 5.75 Å². The van der Waals surface area contributed by atoms with Crippen LogP contribution >= 0.6 is 11.8 Å². The second-order valence-electron chi connectivity index (χ2n) is 3.76. The van der Waals surface area contributed by atoms with Crippen molar-refractivity contribution in [1.29, 1.82) is 0 Å². The molecule has 2 aromatic carbocycles. The Morgan fingerprint density at radius 2 is 1.89 bits per heavy atom. The number of nitro groups is 1. The number of methoxy groups -OCH3 is 1. The molecule has 19 heavy (non-hydrogen) atoms. The molecule has 0 saturated heterocycles. The second-order valence-corrected chi connectivity index (χ2v) is 4.87. The van der Waals surface area contributed by atoms with E-state index in [1.807, 2.05) is 24.3 Å². The molecule has 5 nitrogen and oxygen atoms in total. The van der Waals surface area contributed by atoms with Gasteiger partial charge in [0.05, 0.1) is 17.7 Å². The Morgan fingerprint density at radius 1 is 1.21 bits per heavy atom. The Bertz CT molecular complexity index is 599. The van der Waals surface area contributed by atoms with Crippen LogP contribution in [0.15, 0.2) is 52.3 Å². The molecule has 0 heterocycles. The first-order valence-electron chi connectivity index (χ1n) is 5.46. The number of ether oxygens (including phenoxy) is 1. The van der Waals surface area contributed by atoms with Crippen molar-refractivity contribution in [2.24, 2.45) is 0 Å². The van der Waals surface area contributed by atoms with E-state index < -0.39 is 4.92 Å². The first-order valence-corrected chi connectivity index (χ1v) is 6.27. The molecular weight excluding hydrogens is 264 g/mol. The summed E-state index contributed by atoms with van der Waals surface area (Å²) in [5.74, 6) is 0.779. The molecule has 0 spiro atoms. The van der Waals surface area contributed by atoms with Crippen molar-refractivity contribution in [2.75, 3.05) is 12.8 Å². The van der Waals surface area contributed by atoms with E-state index >= 15 is 0 Å². The lowest BCUT2D eigenvalue weighted by Gasteiger charge is -2.06. The molecule has 0 saturated carbocycles. The van der Waals surface area contributed by atoms with Crippen molar-refractivity contribution in [1.82, 2.24) is 0 Å². The fraction of sp³-hybridized carbons (Fsp3) is 0.0769. The molecule has 0 radical (unpaired) electrons. The maximum absolute atomic E-state index is 10.6. The summed E-state index contributed by atoms with van der Waals surface area (Å²) in [6.45, 7) is 0. The van der Waals surface area contributed by atoms with Crippen LogP contribution < -0.4 is 10.5 Å². The second kappa shape index (κ2) is 5.62. The number of benzene rings is 2. The van der Waals surface area contributed by atoms with Crippen LogP contribution in [0, 0.1) is 10.1 Å². The Morgan fingerprint density at radius 3 is 2.42 bits per heavy atom. The van der Waals surface area contributed by atoms with E-state index in [1.165, 1.54) is 23.9 Å². The smallest absolute Gasteiger partial charge is 0.271 e. The quantitative estimate of drug-likeness (QED) is 0.526. The standard InChI is InChI=1S/C13H12N2O3S/c1-18-10-3-5-11(6-4-10)19-13-7-2-9(15(16)17)8-12(13)14/h2-8H,14H2,1H3. The molecule has 0 bridgehead atoms. The topological polar surface area (TPSA) is 78.4 Å². The van der Waals surface area contributed by atoms with Crippen molar-refractivity contribution < 1.29 is 9.66 Å². The molecule has 0 aromatic heterocycles. The molecule has 0 unspecified atom stereocenters. The van der Waals surface area contributed by atoms with Crippen LogP contribution in [0.2, 0.25) is 0 Å². The van der Waals surface area contributed by atoms with Gasteiger partial charge in [0, 0.05) is 21.9 Å². The summed E-state index contributed by atoms with van der Waals surface area (Å²) in [6, 6.07) is 12.0. The summed E-state index contributed by atoms with van der Waals surface area (Å²) in [7, 11) is 1.61. The lowest BCUT2D eigenvalue weighted by molar-refractivity contribution is -0.384. The summed E-state index contributed by atoms with van der Waals surface area (Å²) in [5.41, 5.74) is 6.21. The number of non-ortho nitro benzene ring substituents is 1. The van der Waals surface area contributed by atoms with Crippen LogP contribution in [0.1, 0.15) is 0 Å². The highest BCUT2D eigenvalue weighted by Gasteiger charge is 2.09. The van der Waals surface area contributed by atoms with Crippen LogP contribution in [0.4, 0.5) is 11.4 Å². The normalized spacial score (nSPS) is 10.2. The third kappa shape index (κ3) is 3.17. The van der Waals surface area contributed by atoms with E-state index in [9.17, 15) is 10.1 Å². The number of nitrogens with zero attached hydrogens (tertiary/aromatic N) is 1. The fourth-order valence-electron chi connectivity index (χ4n) is 1.51. The van der Waals surface area contributed by atoms with Crippen molar-refractivity contribution >= 4 is 23.1 Å². The first kappa shape index (κ1) is 13.2. The molecule has 0 aliphatic rings. The summed E-state index contributed by atoms with van der Waals surface area (Å²) in [6.07, 6.45) is 0. The third-order valence-electron chi connectivity index (χ3n) is 2.49. The largest absolute Gasteiger partial charge is 0.497 e. The number of rotatable bonds is 4. The van der Waals surface area contributed by atoms with E-state index in [1.54, 1.807) is 13.2 Å². The van der Waals surface area contributed by atoms with Crippen LogP contribution in [0.25, 0.3) is 0 Å². The van der Waals surface area contributed by atoms with Gasteiger partial charge in [0.2, 0.25) is 0 Å². The molecule has 0 amide bonds. The molecule has 98 valence electrons. The average Bonchev–Trinajstić information content (AvgIpc) is 2.41. The molecule has 0 fully saturated rings. The zero-order chi connectivity index (χ0) is 13.8. The molecule has 6 heteroatoms. The van der Waals surface area contributed by atoms with Crippen LogP contribution in [0.5, 0.6) is 5.75 Å². The molecule has 0 atom stereocenters. The van der Waals surface area contributed by atoms with E-state index in [2.05, 4.69) is 0 Å². The van der Waals surface area contributed by atoms with Gasteiger partial charge >= 0.3 is 0 Å². The average molecular weight is 276 g/mol. The zero-order valence-electron chi connectivity index (χ0n) is 10.2. The highest BCUT2D eigenvalue weighted by Crippen LogP contribution is 2.34. The first-order chi connectivity index (χ1) is 9.10. The SMILES string of the molecule is COc1ccc(Sc2ccc([N+](=O)[O-])cc2N)cc1. The van der Waals surface area contributed by atoms with Gasteiger partial charge in [-0.1, -0.05) is 11.8 Å². The van der Waals surface area contributed by atoms with E-state index in [-0.39, 0.29) is 5.69 Å². The Labute approximate surface area is 114 Å². The Hall–Kier alpha value is -2.21. The molecule has 2 aromatic rings. The fourth-order valence-corrected chi connectivity index (χ4v) is 2.35. The third-order valence-corrected chi connectivity index (χ3v) is 3.59. The van der Waals surface area contributed by atoms with Crippen LogP contribution in [0.3, 0.4) is 0 Å². The maximum Gasteiger partial charge on any atom is 0.271 e. The number of anilines is 1. The summed E-state index contributed by atoms with van der Waals surface area (Å²) >= 11 is 1.45. The van der Waals surface area contributed by atoms with Crippen LogP contribution in [-0.4, -0.2) is 12.0 Å². The van der Waals surface area contributed by atoms with Gasteiger partial charge in [0.15, 0.2) is 0 Å².